The molecule has 0 spiro atoms. The van der Waals surface area contributed by atoms with Crippen molar-refractivity contribution in [1.82, 2.24) is 0 Å². The molecular weight excluding hydrogens is 202 g/mol. The average Bonchev–Trinajstić information content (AvgIpc) is 2.28. The van der Waals surface area contributed by atoms with Gasteiger partial charge in [0.25, 0.3) is 0 Å². The Hall–Kier alpha value is -1.22. The lowest BCUT2D eigenvalue weighted by molar-refractivity contribution is 0.115. The molecule has 1 aromatic carbocycles. The van der Waals surface area contributed by atoms with Gasteiger partial charge in [-0.3, -0.25) is 0 Å². The first kappa shape index (κ1) is 12.8. The molecule has 2 N–H and O–H groups in total. The highest BCUT2D eigenvalue weighted by atomic mass is 16.5. The zero-order valence-electron chi connectivity index (χ0n) is 10.2. The fraction of sp³-hybridized carbons (Fsp3) is 0.538. The van der Waals surface area contributed by atoms with Gasteiger partial charge in [-0.1, -0.05) is 13.3 Å². The van der Waals surface area contributed by atoms with E-state index in [1.165, 1.54) is 0 Å². The summed E-state index contributed by atoms with van der Waals surface area (Å²) in [6.45, 7) is 6.14. The molecule has 0 fully saturated rings. The second-order valence-electron chi connectivity index (χ2n) is 3.71. The van der Waals surface area contributed by atoms with Crippen molar-refractivity contribution in [3.63, 3.8) is 0 Å². The Bertz CT molecular complexity index is 313. The lowest BCUT2D eigenvalue weighted by Crippen LogP contribution is -2.01. The monoisotopic (exact) mass is 223 g/mol. The van der Waals surface area contributed by atoms with E-state index in [0.29, 0.717) is 13.2 Å². The van der Waals surface area contributed by atoms with Gasteiger partial charge in [0.05, 0.1) is 13.2 Å². The summed E-state index contributed by atoms with van der Waals surface area (Å²) in [6, 6.07) is 5.66. The van der Waals surface area contributed by atoms with E-state index < -0.39 is 0 Å². The SMILES string of the molecule is CCCCOCc1cc(N)ccc1OCC. The predicted molar refractivity (Wildman–Crippen MR) is 66.6 cm³/mol. The van der Waals surface area contributed by atoms with Crippen LogP contribution in [0.1, 0.15) is 32.3 Å². The van der Waals surface area contributed by atoms with Crippen molar-refractivity contribution in [1.29, 1.82) is 0 Å². The third-order valence-electron chi connectivity index (χ3n) is 2.28. The van der Waals surface area contributed by atoms with E-state index in [-0.39, 0.29) is 0 Å². The number of rotatable bonds is 7. The van der Waals surface area contributed by atoms with E-state index >= 15 is 0 Å². The summed E-state index contributed by atoms with van der Waals surface area (Å²) >= 11 is 0. The minimum absolute atomic E-state index is 0.570. The normalized spacial score (nSPS) is 10.4. The first-order valence-corrected chi connectivity index (χ1v) is 5.86. The molecule has 3 heteroatoms. The van der Waals surface area contributed by atoms with Crippen LogP contribution in [-0.4, -0.2) is 13.2 Å². The molecule has 0 unspecified atom stereocenters. The van der Waals surface area contributed by atoms with Crippen molar-refractivity contribution in [3.05, 3.63) is 23.8 Å². The molecular formula is C13H21NO2. The molecule has 0 heterocycles. The van der Waals surface area contributed by atoms with E-state index in [1.54, 1.807) is 0 Å². The highest BCUT2D eigenvalue weighted by Gasteiger charge is 2.04. The topological polar surface area (TPSA) is 44.5 Å². The molecule has 0 aliphatic heterocycles. The molecule has 0 saturated carbocycles. The van der Waals surface area contributed by atoms with Gasteiger partial charge in [0.2, 0.25) is 0 Å². The highest BCUT2D eigenvalue weighted by Crippen LogP contribution is 2.22. The van der Waals surface area contributed by atoms with Crippen LogP contribution in [0.3, 0.4) is 0 Å². The van der Waals surface area contributed by atoms with Crippen molar-refractivity contribution in [2.75, 3.05) is 18.9 Å². The zero-order valence-corrected chi connectivity index (χ0v) is 10.2. The van der Waals surface area contributed by atoms with Crippen LogP contribution in [0.5, 0.6) is 5.75 Å². The minimum atomic E-state index is 0.570. The average molecular weight is 223 g/mol. The molecule has 1 rings (SSSR count). The number of anilines is 1. The van der Waals surface area contributed by atoms with E-state index in [9.17, 15) is 0 Å². The molecule has 0 aromatic heterocycles. The van der Waals surface area contributed by atoms with Crippen LogP contribution in [0, 0.1) is 0 Å². The number of nitrogen functional groups attached to an aromatic ring is 1. The largest absolute Gasteiger partial charge is 0.494 e. The number of unbranched alkanes of at least 4 members (excludes halogenated alkanes) is 1. The standard InChI is InChI=1S/C13H21NO2/c1-3-5-8-15-10-11-9-12(14)6-7-13(11)16-4-2/h6-7,9H,3-5,8,10,14H2,1-2H3. The molecule has 1 aromatic rings. The highest BCUT2D eigenvalue weighted by molar-refractivity contribution is 5.47. The fourth-order valence-corrected chi connectivity index (χ4v) is 1.44. The molecule has 0 aliphatic rings. The Balaban J connectivity index is 2.57. The number of hydrogen-bond acceptors (Lipinski definition) is 3. The number of nitrogens with two attached hydrogens (primary N) is 1. The van der Waals surface area contributed by atoms with Crippen molar-refractivity contribution >= 4 is 5.69 Å². The maximum atomic E-state index is 5.74. The van der Waals surface area contributed by atoms with E-state index in [0.717, 1.165) is 36.4 Å². The summed E-state index contributed by atoms with van der Waals surface area (Å²) in [6.07, 6.45) is 2.24. The predicted octanol–water partition coefficient (Wildman–Crippen LogP) is 2.98. The maximum absolute atomic E-state index is 5.74. The van der Waals surface area contributed by atoms with Crippen LogP contribution in [0.25, 0.3) is 0 Å². The Morgan fingerprint density at radius 3 is 2.75 bits per heavy atom. The molecule has 0 bridgehead atoms. The molecule has 0 radical (unpaired) electrons. The Morgan fingerprint density at radius 1 is 1.25 bits per heavy atom. The lowest BCUT2D eigenvalue weighted by Gasteiger charge is -2.11. The molecule has 16 heavy (non-hydrogen) atoms. The van der Waals surface area contributed by atoms with E-state index in [4.69, 9.17) is 15.2 Å². The van der Waals surface area contributed by atoms with E-state index in [2.05, 4.69) is 6.92 Å². The van der Waals surface area contributed by atoms with Gasteiger partial charge in [0, 0.05) is 17.9 Å². The van der Waals surface area contributed by atoms with Gasteiger partial charge < -0.3 is 15.2 Å². The summed E-state index contributed by atoms with van der Waals surface area (Å²) < 4.78 is 11.1. The Labute approximate surface area is 97.6 Å². The molecule has 0 atom stereocenters. The molecule has 90 valence electrons. The van der Waals surface area contributed by atoms with Crippen LogP contribution >= 0.6 is 0 Å². The van der Waals surface area contributed by atoms with E-state index in [1.807, 2.05) is 25.1 Å². The number of hydrogen-bond donors (Lipinski definition) is 1. The smallest absolute Gasteiger partial charge is 0.124 e. The van der Waals surface area contributed by atoms with Crippen LogP contribution in [0.15, 0.2) is 18.2 Å². The second kappa shape index (κ2) is 7.12. The van der Waals surface area contributed by atoms with Gasteiger partial charge in [-0.05, 0) is 31.5 Å². The second-order valence-corrected chi connectivity index (χ2v) is 3.71. The van der Waals surface area contributed by atoms with Gasteiger partial charge >= 0.3 is 0 Å². The summed E-state index contributed by atoms with van der Waals surface area (Å²) in [7, 11) is 0. The quantitative estimate of drug-likeness (QED) is 0.571. The van der Waals surface area contributed by atoms with Crippen LogP contribution < -0.4 is 10.5 Å². The summed E-state index contributed by atoms with van der Waals surface area (Å²) in [5.41, 5.74) is 7.52. The van der Waals surface area contributed by atoms with Crippen LogP contribution in [-0.2, 0) is 11.3 Å². The van der Waals surface area contributed by atoms with Crippen LogP contribution in [0.2, 0.25) is 0 Å². The van der Waals surface area contributed by atoms with Gasteiger partial charge in [0.1, 0.15) is 5.75 Å². The summed E-state index contributed by atoms with van der Waals surface area (Å²) in [4.78, 5) is 0. The molecule has 0 aliphatic carbocycles. The Morgan fingerprint density at radius 2 is 2.06 bits per heavy atom. The third-order valence-corrected chi connectivity index (χ3v) is 2.28. The van der Waals surface area contributed by atoms with Crippen molar-refractivity contribution in [2.24, 2.45) is 0 Å². The number of ether oxygens (including phenoxy) is 2. The fourth-order valence-electron chi connectivity index (χ4n) is 1.44. The van der Waals surface area contributed by atoms with Gasteiger partial charge in [-0.25, -0.2) is 0 Å². The first-order chi connectivity index (χ1) is 7.77. The molecule has 0 amide bonds. The minimum Gasteiger partial charge on any atom is -0.494 e. The zero-order chi connectivity index (χ0) is 11.8. The lowest BCUT2D eigenvalue weighted by atomic mass is 10.2. The van der Waals surface area contributed by atoms with Crippen LogP contribution in [0.4, 0.5) is 5.69 Å². The summed E-state index contributed by atoms with van der Waals surface area (Å²) in [5, 5.41) is 0. The van der Waals surface area contributed by atoms with Crippen molar-refractivity contribution < 1.29 is 9.47 Å². The van der Waals surface area contributed by atoms with Crippen molar-refractivity contribution in [3.8, 4) is 5.75 Å². The molecule has 0 saturated heterocycles. The number of benzene rings is 1. The van der Waals surface area contributed by atoms with Gasteiger partial charge in [-0.15, -0.1) is 0 Å². The third kappa shape index (κ3) is 4.11. The van der Waals surface area contributed by atoms with Gasteiger partial charge in [0.15, 0.2) is 0 Å². The summed E-state index contributed by atoms with van der Waals surface area (Å²) in [5.74, 6) is 0.869. The maximum Gasteiger partial charge on any atom is 0.124 e. The molecule has 3 nitrogen and oxygen atoms in total. The first-order valence-electron chi connectivity index (χ1n) is 5.86. The van der Waals surface area contributed by atoms with Crippen molar-refractivity contribution in [2.45, 2.75) is 33.3 Å². The Kier molecular flexibility index (Phi) is 5.72. The van der Waals surface area contributed by atoms with Gasteiger partial charge in [-0.2, -0.15) is 0 Å².